The maximum Gasteiger partial charge on any atom is 0.251 e. The Morgan fingerprint density at radius 3 is 2.42 bits per heavy atom. The van der Waals surface area contributed by atoms with Gasteiger partial charge in [0, 0.05) is 18.0 Å². The maximum atomic E-state index is 12.4. The summed E-state index contributed by atoms with van der Waals surface area (Å²) in [5.74, 6) is -0.0933. The van der Waals surface area contributed by atoms with Gasteiger partial charge in [0.1, 0.15) is 0 Å². The minimum Gasteiger partial charge on any atom is -0.351 e. The first-order valence-corrected chi connectivity index (χ1v) is 9.34. The molecule has 0 aromatic heterocycles. The van der Waals surface area contributed by atoms with Crippen LogP contribution in [0.3, 0.4) is 0 Å². The number of amides is 1. The van der Waals surface area contributed by atoms with E-state index in [1.54, 1.807) is 13.0 Å². The Bertz CT molecular complexity index is 817. The third-order valence-electron chi connectivity index (χ3n) is 4.05. The fourth-order valence-corrected chi connectivity index (χ4v) is 3.10. The summed E-state index contributed by atoms with van der Waals surface area (Å²) in [4.78, 5) is 12.4. The number of primary sulfonamides is 1. The Balaban J connectivity index is 2.15. The molecule has 6 heteroatoms. The van der Waals surface area contributed by atoms with Crippen LogP contribution in [0, 0.1) is 6.92 Å². The Morgan fingerprint density at radius 2 is 1.83 bits per heavy atom. The summed E-state index contributed by atoms with van der Waals surface area (Å²) < 4.78 is 22.9. The maximum absolute atomic E-state index is 12.4. The second-order valence-electron chi connectivity index (χ2n) is 5.75. The van der Waals surface area contributed by atoms with Crippen LogP contribution in [0.15, 0.2) is 53.4 Å². The van der Waals surface area contributed by atoms with Gasteiger partial charge in [0.15, 0.2) is 0 Å². The number of benzene rings is 2. The number of aryl methyl sites for hydroxylation is 1. The van der Waals surface area contributed by atoms with Gasteiger partial charge < -0.3 is 5.32 Å². The molecule has 0 heterocycles. The predicted molar refractivity (Wildman–Crippen MR) is 94.4 cm³/mol. The summed E-state index contributed by atoms with van der Waals surface area (Å²) in [7, 11) is -3.83. The van der Waals surface area contributed by atoms with Crippen molar-refractivity contribution in [3.63, 3.8) is 0 Å². The topological polar surface area (TPSA) is 89.3 Å². The highest BCUT2D eigenvalue weighted by molar-refractivity contribution is 7.89. The number of rotatable bonds is 6. The lowest BCUT2D eigenvalue weighted by Crippen LogP contribution is -2.29. The third kappa shape index (κ3) is 4.43. The van der Waals surface area contributed by atoms with E-state index in [9.17, 15) is 13.2 Å². The van der Waals surface area contributed by atoms with Crippen molar-refractivity contribution in [1.29, 1.82) is 0 Å². The van der Waals surface area contributed by atoms with Gasteiger partial charge in [0.2, 0.25) is 10.0 Å². The van der Waals surface area contributed by atoms with Gasteiger partial charge in [0.25, 0.3) is 5.91 Å². The van der Waals surface area contributed by atoms with E-state index in [-0.39, 0.29) is 16.7 Å². The largest absolute Gasteiger partial charge is 0.351 e. The summed E-state index contributed by atoms with van der Waals surface area (Å²) in [6.45, 7) is 4.31. The van der Waals surface area contributed by atoms with Crippen LogP contribution in [0.1, 0.15) is 40.7 Å². The SMILES string of the molecule is CC[C@H](CNC(=O)c1cc(S(N)(=O)=O)ccc1C)c1ccccc1. The van der Waals surface area contributed by atoms with Crippen molar-refractivity contribution in [2.24, 2.45) is 5.14 Å². The van der Waals surface area contributed by atoms with E-state index in [2.05, 4.69) is 12.2 Å². The molecule has 0 saturated carbocycles. The van der Waals surface area contributed by atoms with Crippen LogP contribution in [-0.2, 0) is 10.0 Å². The van der Waals surface area contributed by atoms with E-state index in [1.165, 1.54) is 12.1 Å². The molecule has 0 unspecified atom stereocenters. The van der Waals surface area contributed by atoms with Crippen LogP contribution >= 0.6 is 0 Å². The molecule has 24 heavy (non-hydrogen) atoms. The second kappa shape index (κ2) is 7.59. The molecule has 0 spiro atoms. The van der Waals surface area contributed by atoms with E-state index in [4.69, 9.17) is 5.14 Å². The molecular weight excluding hydrogens is 324 g/mol. The van der Waals surface area contributed by atoms with E-state index in [0.29, 0.717) is 17.7 Å². The number of hydrogen-bond acceptors (Lipinski definition) is 3. The summed E-state index contributed by atoms with van der Waals surface area (Å²) >= 11 is 0. The number of nitrogens with one attached hydrogen (secondary N) is 1. The molecule has 2 aromatic rings. The van der Waals surface area contributed by atoms with Crippen LogP contribution in [0.5, 0.6) is 0 Å². The predicted octanol–water partition coefficient (Wildman–Crippen LogP) is 2.57. The highest BCUT2D eigenvalue weighted by Crippen LogP contribution is 2.19. The van der Waals surface area contributed by atoms with Gasteiger partial charge in [-0.05, 0) is 36.6 Å². The second-order valence-corrected chi connectivity index (χ2v) is 7.31. The Morgan fingerprint density at radius 1 is 1.17 bits per heavy atom. The van der Waals surface area contributed by atoms with Crippen molar-refractivity contribution >= 4 is 15.9 Å². The molecule has 0 aliphatic carbocycles. The van der Waals surface area contributed by atoms with Crippen molar-refractivity contribution in [1.82, 2.24) is 5.32 Å². The molecule has 2 rings (SSSR count). The minimum absolute atomic E-state index is 0.0617. The van der Waals surface area contributed by atoms with Gasteiger partial charge in [0.05, 0.1) is 4.90 Å². The molecule has 0 aliphatic rings. The molecule has 0 fully saturated rings. The molecule has 3 N–H and O–H groups in total. The van der Waals surface area contributed by atoms with E-state index < -0.39 is 10.0 Å². The van der Waals surface area contributed by atoms with E-state index >= 15 is 0 Å². The fourth-order valence-electron chi connectivity index (χ4n) is 2.56. The monoisotopic (exact) mass is 346 g/mol. The number of carbonyl (C=O) groups excluding carboxylic acids is 1. The van der Waals surface area contributed by atoms with Crippen molar-refractivity contribution in [3.05, 3.63) is 65.2 Å². The summed E-state index contributed by atoms with van der Waals surface area (Å²) in [5, 5.41) is 8.03. The van der Waals surface area contributed by atoms with Crippen molar-refractivity contribution < 1.29 is 13.2 Å². The molecule has 2 aromatic carbocycles. The van der Waals surface area contributed by atoms with Crippen LogP contribution in [0.25, 0.3) is 0 Å². The standard InChI is InChI=1S/C18H22N2O3S/c1-3-14(15-7-5-4-6-8-15)12-20-18(21)17-11-16(24(19,22)23)10-9-13(17)2/h4-11,14H,3,12H2,1-2H3,(H,20,21)(H2,19,22,23)/t14-/m1/s1. The molecule has 0 saturated heterocycles. The molecule has 1 amide bonds. The Hall–Kier alpha value is -2.18. The normalized spacial score (nSPS) is 12.6. The van der Waals surface area contributed by atoms with Crippen LogP contribution in [0.4, 0.5) is 0 Å². The third-order valence-corrected chi connectivity index (χ3v) is 4.97. The Labute approximate surface area is 142 Å². The van der Waals surface area contributed by atoms with Gasteiger partial charge in [-0.15, -0.1) is 0 Å². The van der Waals surface area contributed by atoms with Crippen LogP contribution in [0.2, 0.25) is 0 Å². The number of nitrogens with two attached hydrogens (primary N) is 1. The first-order valence-electron chi connectivity index (χ1n) is 7.79. The van der Waals surface area contributed by atoms with Gasteiger partial charge in [-0.1, -0.05) is 43.3 Å². The molecule has 5 nitrogen and oxygen atoms in total. The van der Waals surface area contributed by atoms with Crippen molar-refractivity contribution in [3.8, 4) is 0 Å². The molecule has 1 atom stereocenters. The highest BCUT2D eigenvalue weighted by Gasteiger charge is 2.16. The molecule has 0 radical (unpaired) electrons. The molecule has 0 aliphatic heterocycles. The smallest absolute Gasteiger partial charge is 0.251 e. The van der Waals surface area contributed by atoms with Crippen LogP contribution in [-0.4, -0.2) is 20.9 Å². The molecule has 0 bridgehead atoms. The van der Waals surface area contributed by atoms with Gasteiger partial charge in [-0.3, -0.25) is 4.79 Å². The fraction of sp³-hybridized carbons (Fsp3) is 0.278. The van der Waals surface area contributed by atoms with E-state index in [1.807, 2.05) is 30.3 Å². The highest BCUT2D eigenvalue weighted by atomic mass is 32.2. The lowest BCUT2D eigenvalue weighted by atomic mass is 9.96. The van der Waals surface area contributed by atoms with Gasteiger partial charge in [-0.25, -0.2) is 13.6 Å². The van der Waals surface area contributed by atoms with Gasteiger partial charge >= 0.3 is 0 Å². The lowest BCUT2D eigenvalue weighted by molar-refractivity contribution is 0.0950. The number of carbonyl (C=O) groups is 1. The number of sulfonamides is 1. The zero-order chi connectivity index (χ0) is 17.7. The average molecular weight is 346 g/mol. The Kier molecular flexibility index (Phi) is 5.75. The van der Waals surface area contributed by atoms with Crippen molar-refractivity contribution in [2.75, 3.05) is 6.54 Å². The van der Waals surface area contributed by atoms with E-state index in [0.717, 1.165) is 12.0 Å². The number of hydrogen-bond donors (Lipinski definition) is 2. The zero-order valence-electron chi connectivity index (χ0n) is 13.8. The lowest BCUT2D eigenvalue weighted by Gasteiger charge is -2.17. The molecular formula is C18H22N2O3S. The summed E-state index contributed by atoms with van der Waals surface area (Å²) in [6, 6.07) is 14.3. The summed E-state index contributed by atoms with van der Waals surface area (Å²) in [6.07, 6.45) is 0.889. The zero-order valence-corrected chi connectivity index (χ0v) is 14.6. The average Bonchev–Trinajstić information content (AvgIpc) is 2.55. The quantitative estimate of drug-likeness (QED) is 0.842. The van der Waals surface area contributed by atoms with Gasteiger partial charge in [-0.2, -0.15) is 0 Å². The van der Waals surface area contributed by atoms with Crippen LogP contribution < -0.4 is 10.5 Å². The molecule has 128 valence electrons. The first-order chi connectivity index (χ1) is 11.3. The van der Waals surface area contributed by atoms with Crippen molar-refractivity contribution in [2.45, 2.75) is 31.1 Å². The minimum atomic E-state index is -3.83. The first kappa shape index (κ1) is 18.2. The summed E-state index contributed by atoms with van der Waals surface area (Å²) in [5.41, 5.74) is 2.19.